The zero-order valence-electron chi connectivity index (χ0n) is 14.6. The van der Waals surface area contributed by atoms with Crippen molar-refractivity contribution in [3.05, 3.63) is 47.8 Å². The van der Waals surface area contributed by atoms with Crippen molar-refractivity contribution in [1.29, 1.82) is 0 Å². The quantitative estimate of drug-likeness (QED) is 0.838. The molecule has 1 fully saturated rings. The van der Waals surface area contributed by atoms with Gasteiger partial charge in [-0.15, -0.1) is 0 Å². The number of hydrogen-bond donors (Lipinski definition) is 0. The summed E-state index contributed by atoms with van der Waals surface area (Å²) in [5, 5.41) is 4.54. The maximum Gasteiger partial charge on any atom is 0.272 e. The molecule has 4 rings (SSSR count). The standard InChI is InChI=1S/C20H25N3O2/c24-20-19-13-17(15-25-18-9-5-2-6-10-18)21-23(19)12-11-22(20)14-16-7-3-1-4-8-16/h2,5-6,9-10,13,16H,1,3-4,7-8,11-12,14-15H2. The molecule has 2 aliphatic rings. The zero-order chi connectivity index (χ0) is 17.1. The summed E-state index contributed by atoms with van der Waals surface area (Å²) in [5.41, 5.74) is 1.51. The minimum atomic E-state index is 0.121. The van der Waals surface area contributed by atoms with E-state index in [0.29, 0.717) is 18.2 Å². The van der Waals surface area contributed by atoms with Gasteiger partial charge in [0.2, 0.25) is 0 Å². The van der Waals surface area contributed by atoms with Gasteiger partial charge in [0, 0.05) is 13.1 Å². The normalized spacial score (nSPS) is 18.2. The molecule has 5 heteroatoms. The highest BCUT2D eigenvalue weighted by atomic mass is 16.5. The average Bonchev–Trinajstić information content (AvgIpc) is 3.08. The van der Waals surface area contributed by atoms with Crippen LogP contribution in [0.3, 0.4) is 0 Å². The van der Waals surface area contributed by atoms with E-state index in [9.17, 15) is 4.79 Å². The van der Waals surface area contributed by atoms with Crippen LogP contribution < -0.4 is 4.74 Å². The molecule has 2 aromatic rings. The van der Waals surface area contributed by atoms with Gasteiger partial charge in [0.1, 0.15) is 23.7 Å². The van der Waals surface area contributed by atoms with Crippen molar-refractivity contribution in [3.8, 4) is 5.75 Å². The molecule has 1 aromatic carbocycles. The Hall–Kier alpha value is -2.30. The minimum absolute atomic E-state index is 0.121. The van der Waals surface area contributed by atoms with Gasteiger partial charge in [0.05, 0.1) is 6.54 Å². The third-order valence-corrected chi connectivity index (χ3v) is 5.25. The van der Waals surface area contributed by atoms with Gasteiger partial charge in [-0.1, -0.05) is 37.5 Å². The van der Waals surface area contributed by atoms with Crippen molar-refractivity contribution >= 4 is 5.91 Å². The van der Waals surface area contributed by atoms with Crippen LogP contribution in [0.5, 0.6) is 5.75 Å². The van der Waals surface area contributed by atoms with Crippen LogP contribution in [-0.4, -0.2) is 33.7 Å². The number of hydrogen-bond acceptors (Lipinski definition) is 3. The van der Waals surface area contributed by atoms with Gasteiger partial charge in [-0.3, -0.25) is 9.48 Å². The molecule has 0 saturated heterocycles. The number of carbonyl (C=O) groups excluding carboxylic acids is 1. The van der Waals surface area contributed by atoms with Crippen molar-refractivity contribution in [2.24, 2.45) is 5.92 Å². The molecule has 5 nitrogen and oxygen atoms in total. The highest BCUT2D eigenvalue weighted by molar-refractivity contribution is 5.93. The summed E-state index contributed by atoms with van der Waals surface area (Å²) in [7, 11) is 0. The van der Waals surface area contributed by atoms with E-state index in [4.69, 9.17) is 4.74 Å². The van der Waals surface area contributed by atoms with E-state index in [1.165, 1.54) is 32.1 Å². The van der Waals surface area contributed by atoms with E-state index in [1.54, 1.807) is 0 Å². The molecular formula is C20H25N3O2. The predicted octanol–water partition coefficient (Wildman–Crippen LogP) is 3.50. The summed E-state index contributed by atoms with van der Waals surface area (Å²) in [5.74, 6) is 1.61. The largest absolute Gasteiger partial charge is 0.487 e. The van der Waals surface area contributed by atoms with Crippen LogP contribution in [0.15, 0.2) is 36.4 Å². The summed E-state index contributed by atoms with van der Waals surface area (Å²) in [6, 6.07) is 11.6. The lowest BCUT2D eigenvalue weighted by atomic mass is 9.89. The highest BCUT2D eigenvalue weighted by Gasteiger charge is 2.28. The summed E-state index contributed by atoms with van der Waals surface area (Å²) >= 11 is 0. The van der Waals surface area contributed by atoms with Crippen molar-refractivity contribution in [3.63, 3.8) is 0 Å². The fourth-order valence-corrected chi connectivity index (χ4v) is 3.89. The first-order valence-corrected chi connectivity index (χ1v) is 9.33. The molecule has 1 saturated carbocycles. The average molecular weight is 339 g/mol. The number of ether oxygens (including phenoxy) is 1. The van der Waals surface area contributed by atoms with Crippen LogP contribution in [0, 0.1) is 5.92 Å². The number of rotatable bonds is 5. The van der Waals surface area contributed by atoms with Crippen LogP contribution in [0.2, 0.25) is 0 Å². The third kappa shape index (κ3) is 3.70. The number of benzene rings is 1. The number of carbonyl (C=O) groups is 1. The summed E-state index contributed by atoms with van der Waals surface area (Å²) < 4.78 is 7.59. The van der Waals surface area contributed by atoms with Crippen molar-refractivity contribution in [1.82, 2.24) is 14.7 Å². The Morgan fingerprint density at radius 1 is 1.08 bits per heavy atom. The summed E-state index contributed by atoms with van der Waals surface area (Å²) in [6.07, 6.45) is 6.50. The highest BCUT2D eigenvalue weighted by Crippen LogP contribution is 2.26. The molecule has 1 aliphatic heterocycles. The molecule has 0 radical (unpaired) electrons. The van der Waals surface area contributed by atoms with Crippen LogP contribution in [-0.2, 0) is 13.2 Å². The SMILES string of the molecule is O=C1c2cc(COc3ccccc3)nn2CCN1CC1CCCCC1. The number of aromatic nitrogens is 2. The minimum Gasteiger partial charge on any atom is -0.487 e. The van der Waals surface area contributed by atoms with Crippen molar-refractivity contribution in [2.75, 3.05) is 13.1 Å². The first-order chi connectivity index (χ1) is 12.3. The lowest BCUT2D eigenvalue weighted by Crippen LogP contribution is -2.43. The molecule has 2 heterocycles. The molecule has 0 N–H and O–H groups in total. The number of nitrogens with zero attached hydrogens (tertiary/aromatic N) is 3. The van der Waals surface area contributed by atoms with Crippen LogP contribution in [0.4, 0.5) is 0 Å². The predicted molar refractivity (Wildman–Crippen MR) is 95.5 cm³/mol. The van der Waals surface area contributed by atoms with Crippen LogP contribution in [0.25, 0.3) is 0 Å². The van der Waals surface area contributed by atoms with Gasteiger partial charge in [-0.05, 0) is 37.0 Å². The lowest BCUT2D eigenvalue weighted by Gasteiger charge is -2.32. The Balaban J connectivity index is 1.40. The number of para-hydroxylation sites is 1. The van der Waals surface area contributed by atoms with Crippen LogP contribution >= 0.6 is 0 Å². The number of amides is 1. The van der Waals surface area contributed by atoms with Crippen molar-refractivity contribution in [2.45, 2.75) is 45.3 Å². The summed E-state index contributed by atoms with van der Waals surface area (Å²) in [4.78, 5) is 14.8. The maximum atomic E-state index is 12.8. The first kappa shape index (κ1) is 16.2. The van der Waals surface area contributed by atoms with E-state index in [1.807, 2.05) is 46.0 Å². The Labute approximate surface area is 148 Å². The van der Waals surface area contributed by atoms with E-state index in [2.05, 4.69) is 5.10 Å². The molecule has 1 aliphatic carbocycles. The number of fused-ring (bicyclic) bond motifs is 1. The third-order valence-electron chi connectivity index (χ3n) is 5.25. The molecule has 0 spiro atoms. The van der Waals surface area contributed by atoms with E-state index in [-0.39, 0.29) is 5.91 Å². The molecule has 1 amide bonds. The van der Waals surface area contributed by atoms with Gasteiger partial charge < -0.3 is 9.64 Å². The van der Waals surface area contributed by atoms with Crippen LogP contribution in [0.1, 0.15) is 48.3 Å². The van der Waals surface area contributed by atoms with Gasteiger partial charge in [-0.25, -0.2) is 0 Å². The fourth-order valence-electron chi connectivity index (χ4n) is 3.89. The lowest BCUT2D eigenvalue weighted by molar-refractivity contribution is 0.0651. The van der Waals surface area contributed by atoms with Gasteiger partial charge >= 0.3 is 0 Å². The second-order valence-electron chi connectivity index (χ2n) is 7.10. The molecule has 132 valence electrons. The molecule has 0 bridgehead atoms. The van der Waals surface area contributed by atoms with Gasteiger partial charge in [0.15, 0.2) is 0 Å². The van der Waals surface area contributed by atoms with Gasteiger partial charge in [0.25, 0.3) is 5.91 Å². The Morgan fingerprint density at radius 2 is 1.88 bits per heavy atom. The van der Waals surface area contributed by atoms with E-state index < -0.39 is 0 Å². The maximum absolute atomic E-state index is 12.8. The molecule has 0 unspecified atom stereocenters. The van der Waals surface area contributed by atoms with Gasteiger partial charge in [-0.2, -0.15) is 5.10 Å². The Morgan fingerprint density at radius 3 is 2.68 bits per heavy atom. The first-order valence-electron chi connectivity index (χ1n) is 9.33. The van der Waals surface area contributed by atoms with E-state index >= 15 is 0 Å². The molecular weight excluding hydrogens is 314 g/mol. The fraction of sp³-hybridized carbons (Fsp3) is 0.500. The zero-order valence-corrected chi connectivity index (χ0v) is 14.6. The monoisotopic (exact) mass is 339 g/mol. The topological polar surface area (TPSA) is 47.4 Å². The second kappa shape index (κ2) is 7.30. The van der Waals surface area contributed by atoms with E-state index in [0.717, 1.165) is 31.1 Å². The summed E-state index contributed by atoms with van der Waals surface area (Å²) in [6.45, 7) is 2.84. The Bertz CT molecular complexity index is 720. The molecule has 25 heavy (non-hydrogen) atoms. The molecule has 1 aromatic heterocycles. The smallest absolute Gasteiger partial charge is 0.272 e. The Kier molecular flexibility index (Phi) is 4.72. The molecule has 0 atom stereocenters. The van der Waals surface area contributed by atoms with Crippen molar-refractivity contribution < 1.29 is 9.53 Å². The second-order valence-corrected chi connectivity index (χ2v) is 7.10.